The molecule has 0 saturated heterocycles. The Balaban J connectivity index is 1.79. The van der Waals surface area contributed by atoms with Gasteiger partial charge in [-0.15, -0.1) is 11.3 Å². The van der Waals surface area contributed by atoms with Crippen LogP contribution in [0.4, 0.5) is 0 Å². The summed E-state index contributed by atoms with van der Waals surface area (Å²) in [6, 6.07) is 0. The van der Waals surface area contributed by atoms with E-state index < -0.39 is 0 Å². The lowest BCUT2D eigenvalue weighted by molar-refractivity contribution is -0.120. The summed E-state index contributed by atoms with van der Waals surface area (Å²) in [4.78, 5) is 17.3. The molecule has 17 heavy (non-hydrogen) atoms. The van der Waals surface area contributed by atoms with Crippen molar-refractivity contribution in [1.29, 1.82) is 0 Å². The van der Waals surface area contributed by atoms with Gasteiger partial charge in [-0.3, -0.25) is 4.79 Å². The zero-order valence-corrected chi connectivity index (χ0v) is 11.0. The number of nitrogens with zero attached hydrogens (tertiary/aromatic N) is 1. The topological polar surface area (TPSA) is 54.0 Å². The molecule has 1 amide bonds. The zero-order valence-electron chi connectivity index (χ0n) is 10.2. The molecule has 1 aromatic rings. The van der Waals surface area contributed by atoms with Gasteiger partial charge in [0.15, 0.2) is 0 Å². The number of aromatic nitrogens is 1. The van der Waals surface area contributed by atoms with E-state index >= 15 is 0 Å². The molecule has 0 atom stereocenters. The number of amides is 1. The predicted molar refractivity (Wildman–Crippen MR) is 69.4 cm³/mol. The minimum Gasteiger partial charge on any atom is -0.355 e. The molecule has 1 aromatic heterocycles. The molecule has 0 aromatic carbocycles. The molecule has 2 rings (SSSR count). The van der Waals surface area contributed by atoms with Crippen molar-refractivity contribution in [3.8, 4) is 0 Å². The molecule has 94 valence electrons. The van der Waals surface area contributed by atoms with Crippen molar-refractivity contribution in [3.63, 3.8) is 0 Å². The van der Waals surface area contributed by atoms with Crippen molar-refractivity contribution in [2.75, 3.05) is 20.1 Å². The van der Waals surface area contributed by atoms with Crippen LogP contribution in [0, 0.1) is 0 Å². The van der Waals surface area contributed by atoms with Crippen LogP contribution in [0.1, 0.15) is 28.4 Å². The van der Waals surface area contributed by atoms with E-state index in [9.17, 15) is 4.79 Å². The number of nitrogens with one attached hydrogen (secondary N) is 2. The number of carbonyl (C=O) groups excluding carboxylic acids is 1. The lowest BCUT2D eigenvalue weighted by Crippen LogP contribution is -2.33. The van der Waals surface area contributed by atoms with E-state index in [0.29, 0.717) is 13.1 Å². The summed E-state index contributed by atoms with van der Waals surface area (Å²) in [6.45, 7) is 1.07. The van der Waals surface area contributed by atoms with Crippen molar-refractivity contribution in [2.24, 2.45) is 0 Å². The molecule has 1 aliphatic rings. The molecule has 0 saturated carbocycles. The van der Waals surface area contributed by atoms with Crippen molar-refractivity contribution in [3.05, 3.63) is 15.6 Å². The molecule has 2 N–H and O–H groups in total. The number of thiazole rings is 1. The van der Waals surface area contributed by atoms with E-state index in [1.54, 1.807) is 7.05 Å². The van der Waals surface area contributed by atoms with E-state index in [4.69, 9.17) is 0 Å². The van der Waals surface area contributed by atoms with Gasteiger partial charge in [0.2, 0.25) is 5.91 Å². The fourth-order valence-corrected chi connectivity index (χ4v) is 3.20. The number of aryl methyl sites for hydroxylation is 2. The highest BCUT2D eigenvalue weighted by Gasteiger charge is 2.14. The SMILES string of the molecule is CNCC(=O)NCCc1nc2c(s1)CCCC2. The average molecular weight is 253 g/mol. The maximum atomic E-state index is 11.2. The summed E-state index contributed by atoms with van der Waals surface area (Å²) in [5.41, 5.74) is 1.30. The second-order valence-corrected chi connectivity index (χ2v) is 5.48. The van der Waals surface area contributed by atoms with Crippen LogP contribution < -0.4 is 10.6 Å². The molecular formula is C12H19N3OS. The van der Waals surface area contributed by atoms with Crippen molar-refractivity contribution >= 4 is 17.2 Å². The number of likely N-dealkylation sites (N-methyl/N-ethyl adjacent to an activating group) is 1. The van der Waals surface area contributed by atoms with E-state index in [1.165, 1.54) is 34.8 Å². The molecule has 0 bridgehead atoms. The van der Waals surface area contributed by atoms with Crippen molar-refractivity contribution in [1.82, 2.24) is 15.6 Å². The predicted octanol–water partition coefficient (Wildman–Crippen LogP) is 0.900. The van der Waals surface area contributed by atoms with Gasteiger partial charge in [-0.2, -0.15) is 0 Å². The van der Waals surface area contributed by atoms with Crippen LogP contribution in [0.3, 0.4) is 0 Å². The Morgan fingerprint density at radius 3 is 3.00 bits per heavy atom. The normalized spacial score (nSPS) is 14.4. The summed E-state index contributed by atoms with van der Waals surface area (Å²) < 4.78 is 0. The molecular weight excluding hydrogens is 234 g/mol. The number of hydrogen-bond donors (Lipinski definition) is 2. The molecule has 0 unspecified atom stereocenters. The first kappa shape index (κ1) is 12.5. The maximum Gasteiger partial charge on any atom is 0.233 e. The van der Waals surface area contributed by atoms with Crippen LogP contribution >= 0.6 is 11.3 Å². The molecule has 1 aliphatic carbocycles. The highest BCUT2D eigenvalue weighted by molar-refractivity contribution is 7.11. The van der Waals surface area contributed by atoms with Gasteiger partial charge in [0.05, 0.1) is 17.2 Å². The summed E-state index contributed by atoms with van der Waals surface area (Å²) in [5.74, 6) is 0.0498. The monoisotopic (exact) mass is 253 g/mol. The first-order valence-electron chi connectivity index (χ1n) is 6.18. The van der Waals surface area contributed by atoms with Crippen LogP contribution in [0.5, 0.6) is 0 Å². The molecule has 5 heteroatoms. The van der Waals surface area contributed by atoms with Gasteiger partial charge in [-0.05, 0) is 32.7 Å². The summed E-state index contributed by atoms with van der Waals surface area (Å²) >= 11 is 1.82. The minimum atomic E-state index is 0.0498. The Morgan fingerprint density at radius 2 is 2.24 bits per heavy atom. The molecule has 0 aliphatic heterocycles. The number of rotatable bonds is 5. The van der Waals surface area contributed by atoms with Gasteiger partial charge in [0.1, 0.15) is 0 Å². The lowest BCUT2D eigenvalue weighted by atomic mass is 10.0. The Labute approximate surface area is 106 Å². The Bertz CT molecular complexity index is 366. The fraction of sp³-hybridized carbons (Fsp3) is 0.667. The second-order valence-electron chi connectivity index (χ2n) is 4.31. The Kier molecular flexibility index (Phi) is 4.50. The van der Waals surface area contributed by atoms with Gasteiger partial charge in [-0.1, -0.05) is 0 Å². The summed E-state index contributed by atoms with van der Waals surface area (Å²) in [6.07, 6.45) is 5.76. The van der Waals surface area contributed by atoms with Gasteiger partial charge < -0.3 is 10.6 Å². The zero-order chi connectivity index (χ0) is 12.1. The number of hydrogen-bond acceptors (Lipinski definition) is 4. The van der Waals surface area contributed by atoms with E-state index in [1.807, 2.05) is 11.3 Å². The van der Waals surface area contributed by atoms with E-state index in [2.05, 4.69) is 15.6 Å². The quantitative estimate of drug-likeness (QED) is 0.820. The molecule has 0 radical (unpaired) electrons. The highest BCUT2D eigenvalue weighted by Crippen LogP contribution is 2.26. The van der Waals surface area contributed by atoms with Crippen LogP contribution in [0.15, 0.2) is 0 Å². The highest BCUT2D eigenvalue weighted by atomic mass is 32.1. The average Bonchev–Trinajstić information content (AvgIpc) is 2.71. The standard InChI is InChI=1S/C12H19N3OS/c1-13-8-11(16)14-7-6-12-15-9-4-2-3-5-10(9)17-12/h13H,2-8H2,1H3,(H,14,16). The summed E-state index contributed by atoms with van der Waals surface area (Å²) in [5, 5.41) is 6.88. The van der Waals surface area contributed by atoms with Crippen LogP contribution in [-0.2, 0) is 24.1 Å². The number of carbonyl (C=O) groups is 1. The van der Waals surface area contributed by atoms with Gasteiger partial charge in [0, 0.05) is 17.8 Å². The Morgan fingerprint density at radius 1 is 1.41 bits per heavy atom. The smallest absolute Gasteiger partial charge is 0.233 e. The summed E-state index contributed by atoms with van der Waals surface area (Å²) in [7, 11) is 1.77. The third-order valence-corrected chi connectivity index (χ3v) is 4.11. The van der Waals surface area contributed by atoms with Gasteiger partial charge in [-0.25, -0.2) is 4.98 Å². The first-order chi connectivity index (χ1) is 8.29. The molecule has 4 nitrogen and oxygen atoms in total. The van der Waals surface area contributed by atoms with Gasteiger partial charge in [0.25, 0.3) is 0 Å². The van der Waals surface area contributed by atoms with Crippen molar-refractivity contribution in [2.45, 2.75) is 32.1 Å². The van der Waals surface area contributed by atoms with Gasteiger partial charge >= 0.3 is 0 Å². The second kappa shape index (κ2) is 6.12. The minimum absolute atomic E-state index is 0.0498. The third kappa shape index (κ3) is 3.51. The van der Waals surface area contributed by atoms with Crippen molar-refractivity contribution < 1.29 is 4.79 Å². The number of fused-ring (bicyclic) bond motifs is 1. The first-order valence-corrected chi connectivity index (χ1v) is 7.00. The molecule has 0 fully saturated rings. The largest absolute Gasteiger partial charge is 0.355 e. The fourth-order valence-electron chi connectivity index (χ4n) is 2.04. The van der Waals surface area contributed by atoms with Crippen LogP contribution in [-0.4, -0.2) is 31.0 Å². The third-order valence-electron chi connectivity index (χ3n) is 2.89. The van der Waals surface area contributed by atoms with Crippen LogP contribution in [0.2, 0.25) is 0 Å². The van der Waals surface area contributed by atoms with E-state index in [0.717, 1.165) is 12.8 Å². The maximum absolute atomic E-state index is 11.2. The lowest BCUT2D eigenvalue weighted by Gasteiger charge is -2.06. The molecule has 0 spiro atoms. The van der Waals surface area contributed by atoms with Crippen LogP contribution in [0.25, 0.3) is 0 Å². The Hall–Kier alpha value is -0.940. The molecule has 1 heterocycles. The van der Waals surface area contributed by atoms with E-state index in [-0.39, 0.29) is 5.91 Å².